The average Bonchev–Trinajstić information content (AvgIpc) is 2.01. The lowest BCUT2D eigenvalue weighted by Crippen LogP contribution is -2.37. The van der Waals surface area contributed by atoms with Gasteiger partial charge in [-0.15, -0.1) is 0 Å². The summed E-state index contributed by atoms with van der Waals surface area (Å²) in [4.78, 5) is 10.4. The molecule has 70 valence electrons. The highest BCUT2D eigenvalue weighted by Crippen LogP contribution is 2.26. The van der Waals surface area contributed by atoms with E-state index < -0.39 is 0 Å². The fourth-order valence-electron chi connectivity index (χ4n) is 1.50. The summed E-state index contributed by atoms with van der Waals surface area (Å²) in [7, 11) is 2.05. The topological polar surface area (TPSA) is 55.0 Å². The van der Waals surface area contributed by atoms with Crippen LogP contribution in [0.1, 0.15) is 19.3 Å². The minimum atomic E-state index is 0.490. The Bertz CT molecular complexity index is 295. The second kappa shape index (κ2) is 3.20. The molecule has 4 nitrogen and oxygen atoms in total. The monoisotopic (exact) mass is 178 g/mol. The molecule has 0 radical (unpaired) electrons. The van der Waals surface area contributed by atoms with Gasteiger partial charge in [-0.05, 0) is 19.3 Å². The first kappa shape index (κ1) is 8.29. The van der Waals surface area contributed by atoms with Crippen LogP contribution in [0, 0.1) is 0 Å². The van der Waals surface area contributed by atoms with Crippen molar-refractivity contribution < 1.29 is 0 Å². The lowest BCUT2D eigenvalue weighted by molar-refractivity contribution is 0.399. The third-order valence-electron chi connectivity index (χ3n) is 2.62. The summed E-state index contributed by atoms with van der Waals surface area (Å²) in [5.41, 5.74) is 5.56. The molecule has 0 spiro atoms. The minimum absolute atomic E-state index is 0.490. The normalized spacial score (nSPS) is 16.7. The molecule has 0 aliphatic heterocycles. The van der Waals surface area contributed by atoms with Crippen molar-refractivity contribution in [1.82, 2.24) is 9.97 Å². The molecule has 2 rings (SSSR count). The van der Waals surface area contributed by atoms with Crippen molar-refractivity contribution in [3.8, 4) is 0 Å². The number of rotatable bonds is 2. The Morgan fingerprint density at radius 3 is 2.77 bits per heavy atom. The fraction of sp³-hybridized carbons (Fsp3) is 0.556. The molecule has 1 aliphatic rings. The van der Waals surface area contributed by atoms with E-state index in [0.29, 0.717) is 11.9 Å². The maximum absolute atomic E-state index is 5.56. The van der Waals surface area contributed by atoms with Crippen molar-refractivity contribution in [2.45, 2.75) is 25.3 Å². The maximum atomic E-state index is 5.56. The van der Waals surface area contributed by atoms with Crippen molar-refractivity contribution in [2.75, 3.05) is 17.7 Å². The highest BCUT2D eigenvalue weighted by molar-refractivity contribution is 5.41. The van der Waals surface area contributed by atoms with Crippen LogP contribution in [-0.4, -0.2) is 23.1 Å². The molecule has 0 bridgehead atoms. The third-order valence-corrected chi connectivity index (χ3v) is 2.62. The van der Waals surface area contributed by atoms with Crippen LogP contribution in [0.5, 0.6) is 0 Å². The zero-order chi connectivity index (χ0) is 9.26. The van der Waals surface area contributed by atoms with Crippen LogP contribution in [0.2, 0.25) is 0 Å². The Labute approximate surface area is 77.8 Å². The Balaban J connectivity index is 2.14. The first-order valence-electron chi connectivity index (χ1n) is 4.58. The van der Waals surface area contributed by atoms with Crippen LogP contribution >= 0.6 is 0 Å². The number of nitrogens with two attached hydrogens (primary N) is 1. The van der Waals surface area contributed by atoms with Gasteiger partial charge in [-0.1, -0.05) is 0 Å². The minimum Gasteiger partial charge on any atom is -0.382 e. The van der Waals surface area contributed by atoms with Gasteiger partial charge in [0.25, 0.3) is 0 Å². The number of nitrogens with zero attached hydrogens (tertiary/aromatic N) is 3. The van der Waals surface area contributed by atoms with Gasteiger partial charge in [0.05, 0.1) is 12.4 Å². The van der Waals surface area contributed by atoms with E-state index in [-0.39, 0.29) is 0 Å². The molecule has 0 amide bonds. The standard InChI is InChI=1S/C9H14N4/c1-13(7-3-2-4-7)9-6-11-5-8(10)12-9/h5-7H,2-4H2,1H3,(H2,10,12). The molecular formula is C9H14N4. The van der Waals surface area contributed by atoms with Crippen LogP contribution in [-0.2, 0) is 0 Å². The van der Waals surface area contributed by atoms with Gasteiger partial charge in [0, 0.05) is 13.1 Å². The molecular weight excluding hydrogens is 164 g/mol. The predicted molar refractivity (Wildman–Crippen MR) is 52.5 cm³/mol. The van der Waals surface area contributed by atoms with Gasteiger partial charge in [-0.3, -0.25) is 4.98 Å². The summed E-state index contributed by atoms with van der Waals surface area (Å²) in [5.74, 6) is 1.37. The lowest BCUT2D eigenvalue weighted by atomic mass is 9.92. The molecule has 2 N–H and O–H groups in total. The Morgan fingerprint density at radius 2 is 2.23 bits per heavy atom. The van der Waals surface area contributed by atoms with Gasteiger partial charge >= 0.3 is 0 Å². The van der Waals surface area contributed by atoms with Crippen molar-refractivity contribution >= 4 is 11.6 Å². The molecule has 1 aromatic heterocycles. The van der Waals surface area contributed by atoms with E-state index in [1.54, 1.807) is 12.4 Å². The summed E-state index contributed by atoms with van der Waals surface area (Å²) in [6.45, 7) is 0. The SMILES string of the molecule is CN(c1cncc(N)n1)C1CCC1. The first-order chi connectivity index (χ1) is 6.27. The average molecular weight is 178 g/mol. The summed E-state index contributed by atoms with van der Waals surface area (Å²) in [5, 5.41) is 0. The molecule has 0 saturated heterocycles. The van der Waals surface area contributed by atoms with E-state index in [2.05, 4.69) is 14.9 Å². The fourth-order valence-corrected chi connectivity index (χ4v) is 1.50. The Morgan fingerprint density at radius 1 is 1.46 bits per heavy atom. The Hall–Kier alpha value is -1.32. The van der Waals surface area contributed by atoms with E-state index in [4.69, 9.17) is 5.73 Å². The molecule has 0 aromatic carbocycles. The lowest BCUT2D eigenvalue weighted by Gasteiger charge is -2.35. The molecule has 1 aliphatic carbocycles. The van der Waals surface area contributed by atoms with Crippen LogP contribution < -0.4 is 10.6 Å². The first-order valence-corrected chi connectivity index (χ1v) is 4.58. The van der Waals surface area contributed by atoms with Crippen LogP contribution in [0.25, 0.3) is 0 Å². The van der Waals surface area contributed by atoms with E-state index >= 15 is 0 Å². The van der Waals surface area contributed by atoms with E-state index in [1.807, 2.05) is 7.05 Å². The van der Waals surface area contributed by atoms with Gasteiger partial charge < -0.3 is 10.6 Å². The molecule has 0 unspecified atom stereocenters. The van der Waals surface area contributed by atoms with Gasteiger partial charge in [0.2, 0.25) is 0 Å². The van der Waals surface area contributed by atoms with E-state index in [1.165, 1.54) is 19.3 Å². The van der Waals surface area contributed by atoms with E-state index in [0.717, 1.165) is 5.82 Å². The quantitative estimate of drug-likeness (QED) is 0.735. The second-order valence-corrected chi connectivity index (χ2v) is 3.50. The van der Waals surface area contributed by atoms with Crippen molar-refractivity contribution in [3.05, 3.63) is 12.4 Å². The number of hydrogen-bond acceptors (Lipinski definition) is 4. The maximum Gasteiger partial charge on any atom is 0.149 e. The summed E-state index contributed by atoms with van der Waals surface area (Å²) in [6.07, 6.45) is 7.16. The highest BCUT2D eigenvalue weighted by Gasteiger charge is 2.22. The number of aromatic nitrogens is 2. The zero-order valence-electron chi connectivity index (χ0n) is 7.77. The van der Waals surface area contributed by atoms with Crippen molar-refractivity contribution in [1.29, 1.82) is 0 Å². The molecule has 1 saturated carbocycles. The van der Waals surface area contributed by atoms with Crippen molar-refractivity contribution in [3.63, 3.8) is 0 Å². The molecule has 1 heterocycles. The van der Waals surface area contributed by atoms with Gasteiger partial charge in [0.15, 0.2) is 0 Å². The van der Waals surface area contributed by atoms with Crippen LogP contribution in [0.4, 0.5) is 11.6 Å². The molecule has 13 heavy (non-hydrogen) atoms. The van der Waals surface area contributed by atoms with Gasteiger partial charge in [-0.2, -0.15) is 0 Å². The van der Waals surface area contributed by atoms with Crippen LogP contribution in [0.3, 0.4) is 0 Å². The molecule has 1 aromatic rings. The summed E-state index contributed by atoms with van der Waals surface area (Å²) < 4.78 is 0. The number of hydrogen-bond donors (Lipinski definition) is 1. The Kier molecular flexibility index (Phi) is 2.04. The number of anilines is 2. The third kappa shape index (κ3) is 1.56. The van der Waals surface area contributed by atoms with Crippen molar-refractivity contribution in [2.24, 2.45) is 0 Å². The second-order valence-electron chi connectivity index (χ2n) is 3.50. The zero-order valence-corrected chi connectivity index (χ0v) is 7.77. The molecule has 0 atom stereocenters. The van der Waals surface area contributed by atoms with E-state index in [9.17, 15) is 0 Å². The van der Waals surface area contributed by atoms with Crippen LogP contribution in [0.15, 0.2) is 12.4 Å². The number of nitrogen functional groups attached to an aromatic ring is 1. The smallest absolute Gasteiger partial charge is 0.149 e. The summed E-state index contributed by atoms with van der Waals surface area (Å²) in [6, 6.07) is 0.635. The van der Waals surface area contributed by atoms with Gasteiger partial charge in [-0.25, -0.2) is 4.98 Å². The largest absolute Gasteiger partial charge is 0.382 e. The summed E-state index contributed by atoms with van der Waals surface area (Å²) >= 11 is 0. The van der Waals surface area contributed by atoms with Gasteiger partial charge in [0.1, 0.15) is 11.6 Å². The highest BCUT2D eigenvalue weighted by atomic mass is 15.2. The predicted octanol–water partition coefficient (Wildman–Crippen LogP) is 1.05. The molecule has 4 heteroatoms. The molecule has 1 fully saturated rings.